The number of nitrogens with one attached hydrogen (secondary N) is 3. The molecule has 1 saturated heterocycles. The van der Waals surface area contributed by atoms with Crippen LogP contribution in [-0.2, 0) is 9.59 Å². The molecule has 0 aromatic heterocycles. The van der Waals surface area contributed by atoms with Crippen molar-refractivity contribution in [1.82, 2.24) is 20.9 Å². The summed E-state index contributed by atoms with van der Waals surface area (Å²) in [4.78, 5) is 37.2. The van der Waals surface area contributed by atoms with Crippen LogP contribution >= 0.6 is 0 Å². The van der Waals surface area contributed by atoms with Crippen molar-refractivity contribution in [2.45, 2.75) is 45.6 Å². The molecule has 1 heterocycles. The number of piperidine rings is 1. The molecule has 0 atom stereocenters. The van der Waals surface area contributed by atoms with E-state index in [1.807, 2.05) is 13.8 Å². The maximum absolute atomic E-state index is 12.1. The third kappa shape index (κ3) is 5.73. The van der Waals surface area contributed by atoms with Gasteiger partial charge >= 0.3 is 6.03 Å². The molecular formula is C16H28N4O3. The Labute approximate surface area is 137 Å². The van der Waals surface area contributed by atoms with Crippen molar-refractivity contribution in [2.75, 3.05) is 26.2 Å². The van der Waals surface area contributed by atoms with Gasteiger partial charge in [-0.1, -0.05) is 0 Å². The van der Waals surface area contributed by atoms with Crippen LogP contribution in [0.15, 0.2) is 0 Å². The summed E-state index contributed by atoms with van der Waals surface area (Å²) in [5, 5.41) is 8.57. The highest BCUT2D eigenvalue weighted by Crippen LogP contribution is 2.28. The van der Waals surface area contributed by atoms with Crippen molar-refractivity contribution in [3.05, 3.63) is 0 Å². The third-order valence-corrected chi connectivity index (χ3v) is 4.24. The van der Waals surface area contributed by atoms with Gasteiger partial charge in [0, 0.05) is 44.1 Å². The summed E-state index contributed by atoms with van der Waals surface area (Å²) >= 11 is 0. The number of urea groups is 1. The molecule has 0 aromatic carbocycles. The SMILES string of the molecule is CC(C)NC(=O)N1CCC(C(=O)NCCNC(=O)C2CC2)CC1. The lowest BCUT2D eigenvalue weighted by molar-refractivity contribution is -0.126. The van der Waals surface area contributed by atoms with Crippen LogP contribution in [-0.4, -0.2) is 55.0 Å². The van der Waals surface area contributed by atoms with E-state index in [0.29, 0.717) is 39.0 Å². The van der Waals surface area contributed by atoms with Gasteiger partial charge in [0.1, 0.15) is 0 Å². The van der Waals surface area contributed by atoms with Gasteiger partial charge in [0.25, 0.3) is 0 Å². The van der Waals surface area contributed by atoms with E-state index in [1.165, 1.54) is 0 Å². The minimum absolute atomic E-state index is 0.0228. The van der Waals surface area contributed by atoms with Crippen molar-refractivity contribution in [3.63, 3.8) is 0 Å². The Bertz CT molecular complexity index is 441. The second-order valence-corrected chi connectivity index (χ2v) is 6.72. The molecular weight excluding hydrogens is 296 g/mol. The van der Waals surface area contributed by atoms with E-state index < -0.39 is 0 Å². The Kier molecular flexibility index (Phi) is 6.24. The van der Waals surface area contributed by atoms with Crippen molar-refractivity contribution in [2.24, 2.45) is 11.8 Å². The first-order valence-corrected chi connectivity index (χ1v) is 8.58. The van der Waals surface area contributed by atoms with Crippen LogP contribution in [0.2, 0.25) is 0 Å². The second kappa shape index (κ2) is 8.17. The Morgan fingerprint density at radius 2 is 1.39 bits per heavy atom. The molecule has 4 amide bonds. The number of rotatable bonds is 6. The Balaban J connectivity index is 1.59. The van der Waals surface area contributed by atoms with E-state index in [-0.39, 0.29) is 35.7 Å². The first-order chi connectivity index (χ1) is 11.0. The molecule has 2 rings (SSSR count). The maximum Gasteiger partial charge on any atom is 0.317 e. The molecule has 1 saturated carbocycles. The molecule has 7 heteroatoms. The van der Waals surface area contributed by atoms with E-state index in [2.05, 4.69) is 16.0 Å². The zero-order valence-corrected chi connectivity index (χ0v) is 14.1. The van der Waals surface area contributed by atoms with Crippen molar-refractivity contribution in [3.8, 4) is 0 Å². The van der Waals surface area contributed by atoms with Crippen LogP contribution in [0.25, 0.3) is 0 Å². The number of amides is 4. The lowest BCUT2D eigenvalue weighted by Crippen LogP contribution is -2.48. The van der Waals surface area contributed by atoms with Crippen LogP contribution in [0.3, 0.4) is 0 Å². The highest BCUT2D eigenvalue weighted by atomic mass is 16.2. The topological polar surface area (TPSA) is 90.5 Å². The van der Waals surface area contributed by atoms with Gasteiger partial charge in [-0.25, -0.2) is 4.79 Å². The largest absolute Gasteiger partial charge is 0.354 e. The predicted molar refractivity (Wildman–Crippen MR) is 86.7 cm³/mol. The summed E-state index contributed by atoms with van der Waals surface area (Å²) in [6.45, 7) is 6.02. The summed E-state index contributed by atoms with van der Waals surface area (Å²) in [6, 6.07) is 0.0658. The first kappa shape index (κ1) is 17.6. The number of carbonyl (C=O) groups is 3. The van der Waals surface area contributed by atoms with Crippen LogP contribution in [0.5, 0.6) is 0 Å². The van der Waals surface area contributed by atoms with Gasteiger partial charge in [-0.2, -0.15) is 0 Å². The van der Waals surface area contributed by atoms with Crippen molar-refractivity contribution >= 4 is 17.8 Å². The standard InChI is InChI=1S/C16H28N4O3/c1-11(2)19-16(23)20-9-5-13(6-10-20)15(22)18-8-7-17-14(21)12-3-4-12/h11-13H,3-10H2,1-2H3,(H,17,21)(H,18,22)(H,19,23). The molecule has 130 valence electrons. The summed E-state index contributed by atoms with van der Waals surface area (Å²) in [5.41, 5.74) is 0. The number of nitrogens with zero attached hydrogens (tertiary/aromatic N) is 1. The number of hydrogen-bond donors (Lipinski definition) is 3. The van der Waals surface area contributed by atoms with Gasteiger partial charge in [-0.3, -0.25) is 9.59 Å². The summed E-state index contributed by atoms with van der Waals surface area (Å²) in [5.74, 6) is 0.280. The minimum atomic E-state index is -0.0540. The van der Waals surface area contributed by atoms with Crippen LogP contribution < -0.4 is 16.0 Å². The van der Waals surface area contributed by atoms with Gasteiger partial charge in [0.2, 0.25) is 11.8 Å². The normalized spacial score (nSPS) is 18.7. The molecule has 1 aliphatic carbocycles. The molecule has 0 bridgehead atoms. The molecule has 0 unspecified atom stereocenters. The van der Waals surface area contributed by atoms with E-state index in [9.17, 15) is 14.4 Å². The van der Waals surface area contributed by atoms with E-state index >= 15 is 0 Å². The fourth-order valence-electron chi connectivity index (χ4n) is 2.69. The third-order valence-electron chi connectivity index (χ3n) is 4.24. The van der Waals surface area contributed by atoms with Crippen LogP contribution in [0.4, 0.5) is 4.79 Å². The Morgan fingerprint density at radius 1 is 0.913 bits per heavy atom. The van der Waals surface area contributed by atoms with E-state index in [4.69, 9.17) is 0 Å². The fraction of sp³-hybridized carbons (Fsp3) is 0.812. The van der Waals surface area contributed by atoms with Crippen LogP contribution in [0.1, 0.15) is 39.5 Å². The lowest BCUT2D eigenvalue weighted by Gasteiger charge is -2.32. The molecule has 1 aliphatic heterocycles. The molecule has 0 radical (unpaired) electrons. The van der Waals surface area contributed by atoms with Crippen molar-refractivity contribution in [1.29, 1.82) is 0 Å². The molecule has 23 heavy (non-hydrogen) atoms. The van der Waals surface area contributed by atoms with Crippen LogP contribution in [0, 0.1) is 11.8 Å². The average molecular weight is 324 g/mol. The summed E-state index contributed by atoms with van der Waals surface area (Å²) in [7, 11) is 0. The molecule has 2 fully saturated rings. The molecule has 0 spiro atoms. The summed E-state index contributed by atoms with van der Waals surface area (Å²) < 4.78 is 0. The van der Waals surface area contributed by atoms with E-state index in [0.717, 1.165) is 12.8 Å². The van der Waals surface area contributed by atoms with Gasteiger partial charge in [0.15, 0.2) is 0 Å². The minimum Gasteiger partial charge on any atom is -0.354 e. The highest BCUT2D eigenvalue weighted by Gasteiger charge is 2.29. The maximum atomic E-state index is 12.1. The van der Waals surface area contributed by atoms with E-state index in [1.54, 1.807) is 4.90 Å². The predicted octanol–water partition coefficient (Wildman–Crippen LogP) is 0.459. The highest BCUT2D eigenvalue weighted by molar-refractivity contribution is 5.81. The first-order valence-electron chi connectivity index (χ1n) is 8.58. The van der Waals surface area contributed by atoms with Gasteiger partial charge < -0.3 is 20.9 Å². The Morgan fingerprint density at radius 3 is 1.83 bits per heavy atom. The number of hydrogen-bond acceptors (Lipinski definition) is 3. The molecule has 2 aliphatic rings. The smallest absolute Gasteiger partial charge is 0.317 e. The average Bonchev–Trinajstić information content (AvgIpc) is 3.35. The quantitative estimate of drug-likeness (QED) is 0.620. The molecule has 7 nitrogen and oxygen atoms in total. The molecule has 3 N–H and O–H groups in total. The number of carbonyl (C=O) groups excluding carboxylic acids is 3. The fourth-order valence-corrected chi connectivity index (χ4v) is 2.69. The lowest BCUT2D eigenvalue weighted by atomic mass is 9.96. The number of likely N-dealkylation sites (tertiary alicyclic amines) is 1. The zero-order chi connectivity index (χ0) is 16.8. The van der Waals surface area contributed by atoms with Gasteiger partial charge in [-0.15, -0.1) is 0 Å². The Hall–Kier alpha value is -1.79. The summed E-state index contributed by atoms with van der Waals surface area (Å²) in [6.07, 6.45) is 3.35. The molecule has 0 aromatic rings. The zero-order valence-electron chi connectivity index (χ0n) is 14.1. The van der Waals surface area contributed by atoms with Crippen molar-refractivity contribution < 1.29 is 14.4 Å². The van der Waals surface area contributed by atoms with Gasteiger partial charge in [0.05, 0.1) is 0 Å². The van der Waals surface area contributed by atoms with Gasteiger partial charge in [-0.05, 0) is 39.5 Å². The second-order valence-electron chi connectivity index (χ2n) is 6.72. The monoisotopic (exact) mass is 324 g/mol.